The van der Waals surface area contributed by atoms with Gasteiger partial charge in [0.25, 0.3) is 5.91 Å². The summed E-state index contributed by atoms with van der Waals surface area (Å²) in [4.78, 5) is 17.7. The molecule has 0 fully saturated rings. The van der Waals surface area contributed by atoms with Gasteiger partial charge in [-0.15, -0.1) is 0 Å². The first kappa shape index (κ1) is 12.4. The molecular weight excluding hydrogens is 275 g/mol. The Bertz CT molecular complexity index is 672. The standard InChI is InChI=1S/C11H6Cl2N4O/c12-5-1-2-6(7(13)3-5)11-16-8(4-14)9(17-11)10(15)18/h1-3H,(H2,15,18)(H,16,17). The minimum absolute atomic E-state index is 0.0430. The number of aromatic amines is 1. The number of rotatable bonds is 2. The highest BCUT2D eigenvalue weighted by Gasteiger charge is 2.16. The molecule has 7 heteroatoms. The van der Waals surface area contributed by atoms with Gasteiger partial charge in [-0.2, -0.15) is 5.26 Å². The highest BCUT2D eigenvalue weighted by Crippen LogP contribution is 2.29. The molecule has 0 bridgehead atoms. The van der Waals surface area contributed by atoms with Crippen molar-refractivity contribution < 1.29 is 4.79 Å². The van der Waals surface area contributed by atoms with Gasteiger partial charge in [0.05, 0.1) is 5.02 Å². The van der Waals surface area contributed by atoms with Crippen LogP contribution in [-0.4, -0.2) is 15.9 Å². The summed E-state index contributed by atoms with van der Waals surface area (Å²) in [7, 11) is 0. The lowest BCUT2D eigenvalue weighted by atomic mass is 10.2. The molecule has 3 N–H and O–H groups in total. The Morgan fingerprint density at radius 1 is 1.44 bits per heavy atom. The SMILES string of the molecule is N#Cc1nc(-c2ccc(Cl)cc2Cl)[nH]c1C(N)=O. The van der Waals surface area contributed by atoms with Crippen LogP contribution in [0.1, 0.15) is 16.2 Å². The molecule has 1 heterocycles. The molecule has 0 aliphatic rings. The van der Waals surface area contributed by atoms with E-state index in [0.29, 0.717) is 21.4 Å². The third-order valence-corrected chi connectivity index (χ3v) is 2.79. The molecule has 1 amide bonds. The number of amides is 1. The van der Waals surface area contributed by atoms with Crippen LogP contribution in [-0.2, 0) is 0 Å². The van der Waals surface area contributed by atoms with Gasteiger partial charge in [0.15, 0.2) is 5.69 Å². The summed E-state index contributed by atoms with van der Waals surface area (Å²) in [5.74, 6) is -0.461. The Hall–Kier alpha value is -2.03. The quantitative estimate of drug-likeness (QED) is 0.884. The number of imidazole rings is 1. The third-order valence-electron chi connectivity index (χ3n) is 2.24. The summed E-state index contributed by atoms with van der Waals surface area (Å²) < 4.78 is 0. The zero-order chi connectivity index (χ0) is 13.3. The van der Waals surface area contributed by atoms with E-state index in [1.165, 1.54) is 6.07 Å². The number of nitriles is 1. The van der Waals surface area contributed by atoms with Gasteiger partial charge in [-0.1, -0.05) is 23.2 Å². The van der Waals surface area contributed by atoms with Crippen molar-refractivity contribution in [2.75, 3.05) is 0 Å². The van der Waals surface area contributed by atoms with E-state index in [2.05, 4.69) is 9.97 Å². The second kappa shape index (κ2) is 4.69. The molecule has 5 nitrogen and oxygen atoms in total. The van der Waals surface area contributed by atoms with Gasteiger partial charge < -0.3 is 10.7 Å². The fourth-order valence-electron chi connectivity index (χ4n) is 1.44. The van der Waals surface area contributed by atoms with Gasteiger partial charge in [0.2, 0.25) is 0 Å². The topological polar surface area (TPSA) is 95.6 Å². The van der Waals surface area contributed by atoms with Crippen molar-refractivity contribution in [3.63, 3.8) is 0 Å². The summed E-state index contributed by atoms with van der Waals surface area (Å²) in [6, 6.07) is 6.58. The Kier molecular flexibility index (Phi) is 3.24. The van der Waals surface area contributed by atoms with Gasteiger partial charge in [-0.3, -0.25) is 4.79 Å². The van der Waals surface area contributed by atoms with Crippen molar-refractivity contribution in [3.8, 4) is 17.5 Å². The fraction of sp³-hybridized carbons (Fsp3) is 0. The summed E-state index contributed by atoms with van der Waals surface area (Å²) in [6.07, 6.45) is 0. The minimum Gasteiger partial charge on any atom is -0.364 e. The predicted molar refractivity (Wildman–Crippen MR) is 67.3 cm³/mol. The maximum absolute atomic E-state index is 11.1. The van der Waals surface area contributed by atoms with E-state index in [1.807, 2.05) is 0 Å². The van der Waals surface area contributed by atoms with E-state index in [1.54, 1.807) is 18.2 Å². The van der Waals surface area contributed by atoms with Crippen LogP contribution >= 0.6 is 23.2 Å². The first-order chi connectivity index (χ1) is 8.52. The highest BCUT2D eigenvalue weighted by molar-refractivity contribution is 6.36. The average molecular weight is 281 g/mol. The number of hydrogen-bond acceptors (Lipinski definition) is 3. The van der Waals surface area contributed by atoms with E-state index in [-0.39, 0.29) is 11.4 Å². The number of nitrogens with zero attached hydrogens (tertiary/aromatic N) is 2. The normalized spacial score (nSPS) is 10.1. The van der Waals surface area contributed by atoms with Crippen LogP contribution in [0.5, 0.6) is 0 Å². The number of hydrogen-bond donors (Lipinski definition) is 2. The zero-order valence-corrected chi connectivity index (χ0v) is 10.4. The van der Waals surface area contributed by atoms with Crippen LogP contribution in [0.4, 0.5) is 0 Å². The smallest absolute Gasteiger partial charge is 0.268 e. The Balaban J connectivity index is 2.59. The lowest BCUT2D eigenvalue weighted by Crippen LogP contribution is -2.13. The van der Waals surface area contributed by atoms with Crippen molar-refractivity contribution in [2.45, 2.75) is 0 Å². The predicted octanol–water partition coefficient (Wildman–Crippen LogP) is 2.35. The van der Waals surface area contributed by atoms with Crippen LogP contribution in [0.15, 0.2) is 18.2 Å². The second-order valence-electron chi connectivity index (χ2n) is 3.41. The summed E-state index contributed by atoms with van der Waals surface area (Å²) in [5, 5.41) is 9.68. The molecular formula is C11H6Cl2N4O. The molecule has 90 valence electrons. The van der Waals surface area contributed by atoms with Crippen LogP contribution in [0.3, 0.4) is 0 Å². The van der Waals surface area contributed by atoms with Crippen molar-refractivity contribution in [1.29, 1.82) is 5.26 Å². The summed E-state index contributed by atoms with van der Waals surface area (Å²) in [5.41, 5.74) is 5.55. The lowest BCUT2D eigenvalue weighted by Gasteiger charge is -2.00. The molecule has 0 aliphatic carbocycles. The minimum atomic E-state index is -0.754. The number of nitrogens with two attached hydrogens (primary N) is 1. The van der Waals surface area contributed by atoms with E-state index in [4.69, 9.17) is 34.2 Å². The molecule has 2 rings (SSSR count). The van der Waals surface area contributed by atoms with Crippen molar-refractivity contribution in [3.05, 3.63) is 39.6 Å². The Morgan fingerprint density at radius 2 is 2.17 bits per heavy atom. The molecule has 1 aromatic heterocycles. The van der Waals surface area contributed by atoms with Gasteiger partial charge >= 0.3 is 0 Å². The third kappa shape index (κ3) is 2.16. The second-order valence-corrected chi connectivity index (χ2v) is 4.25. The van der Waals surface area contributed by atoms with Gasteiger partial charge in [-0.05, 0) is 18.2 Å². The number of primary amides is 1. The van der Waals surface area contributed by atoms with E-state index in [0.717, 1.165) is 0 Å². The van der Waals surface area contributed by atoms with Crippen LogP contribution in [0.2, 0.25) is 10.0 Å². The van der Waals surface area contributed by atoms with E-state index >= 15 is 0 Å². The van der Waals surface area contributed by atoms with Crippen LogP contribution in [0, 0.1) is 11.3 Å². The zero-order valence-electron chi connectivity index (χ0n) is 8.87. The molecule has 0 saturated carbocycles. The van der Waals surface area contributed by atoms with E-state index in [9.17, 15) is 4.79 Å². The fourth-order valence-corrected chi connectivity index (χ4v) is 1.94. The number of benzene rings is 1. The molecule has 0 atom stereocenters. The van der Waals surface area contributed by atoms with Crippen LogP contribution in [0.25, 0.3) is 11.4 Å². The number of nitrogens with one attached hydrogen (secondary N) is 1. The van der Waals surface area contributed by atoms with Gasteiger partial charge in [0.1, 0.15) is 17.6 Å². The Morgan fingerprint density at radius 3 is 2.67 bits per heavy atom. The first-order valence-electron chi connectivity index (χ1n) is 4.78. The number of aromatic nitrogens is 2. The molecule has 1 aromatic carbocycles. The molecule has 0 saturated heterocycles. The lowest BCUT2D eigenvalue weighted by molar-refractivity contribution is 0.0996. The van der Waals surface area contributed by atoms with Crippen molar-refractivity contribution >= 4 is 29.1 Å². The average Bonchev–Trinajstić information content (AvgIpc) is 2.73. The Labute approximate surface area is 112 Å². The molecule has 0 spiro atoms. The number of H-pyrrole nitrogens is 1. The van der Waals surface area contributed by atoms with Gasteiger partial charge in [-0.25, -0.2) is 4.98 Å². The number of halogens is 2. The van der Waals surface area contributed by atoms with Crippen molar-refractivity contribution in [2.24, 2.45) is 5.73 Å². The highest BCUT2D eigenvalue weighted by atomic mass is 35.5. The number of carbonyl (C=O) groups is 1. The molecule has 0 radical (unpaired) electrons. The maximum atomic E-state index is 11.1. The van der Waals surface area contributed by atoms with Crippen LogP contribution < -0.4 is 5.73 Å². The molecule has 0 unspecified atom stereocenters. The molecule has 2 aromatic rings. The summed E-state index contributed by atoms with van der Waals surface area (Å²) >= 11 is 11.8. The number of carbonyl (C=O) groups excluding carboxylic acids is 1. The molecule has 0 aliphatic heterocycles. The van der Waals surface area contributed by atoms with Gasteiger partial charge in [0, 0.05) is 10.6 Å². The van der Waals surface area contributed by atoms with E-state index < -0.39 is 5.91 Å². The maximum Gasteiger partial charge on any atom is 0.268 e. The monoisotopic (exact) mass is 280 g/mol. The summed E-state index contributed by atoms with van der Waals surface area (Å²) in [6.45, 7) is 0. The largest absolute Gasteiger partial charge is 0.364 e. The van der Waals surface area contributed by atoms with Crippen molar-refractivity contribution in [1.82, 2.24) is 9.97 Å². The first-order valence-corrected chi connectivity index (χ1v) is 5.54. The molecule has 18 heavy (non-hydrogen) atoms.